The van der Waals surface area contributed by atoms with Crippen molar-refractivity contribution in [1.82, 2.24) is 4.98 Å². The van der Waals surface area contributed by atoms with Crippen LogP contribution in [0.1, 0.15) is 5.56 Å². The van der Waals surface area contributed by atoms with Gasteiger partial charge in [0.1, 0.15) is 0 Å². The zero-order chi connectivity index (χ0) is 10.7. The Hall–Kier alpha value is -2.03. The van der Waals surface area contributed by atoms with Crippen molar-refractivity contribution < 1.29 is 0 Å². The number of hydrogen-bond donors (Lipinski definition) is 1. The summed E-state index contributed by atoms with van der Waals surface area (Å²) in [5.74, 6) is 0. The number of fused-ring (bicyclic) bond motifs is 1. The van der Waals surface area contributed by atoms with Gasteiger partial charge in [0, 0.05) is 18.0 Å². The van der Waals surface area contributed by atoms with Gasteiger partial charge in [-0.1, -0.05) is 30.8 Å². The maximum Gasteiger partial charge on any atom is 0.0737 e. The van der Waals surface area contributed by atoms with Crippen molar-refractivity contribution in [2.75, 3.05) is 0 Å². The van der Waals surface area contributed by atoms with E-state index in [4.69, 9.17) is 5.53 Å². The first-order chi connectivity index (χ1) is 7.31. The van der Waals surface area contributed by atoms with Crippen LogP contribution in [0.5, 0.6) is 0 Å². The Morgan fingerprint density at radius 2 is 2.13 bits per heavy atom. The summed E-state index contributed by atoms with van der Waals surface area (Å²) in [6, 6.07) is 9.93. The Labute approximate surface area is 88.0 Å². The smallest absolute Gasteiger partial charge is 0.0737 e. The highest BCUT2D eigenvalue weighted by molar-refractivity contribution is 5.81. The summed E-state index contributed by atoms with van der Waals surface area (Å²) in [4.78, 5) is 4.32. The standard InChI is InChI=1S/C12H11N3/c1-9(15-13)8-11-5-2-4-10-6-3-7-14-12(10)11/h2-7,13H,1,8H2. The van der Waals surface area contributed by atoms with E-state index in [1.165, 1.54) is 0 Å². The predicted octanol–water partition coefficient (Wildman–Crippen LogP) is 3.32. The van der Waals surface area contributed by atoms with Gasteiger partial charge in [0.05, 0.1) is 11.2 Å². The van der Waals surface area contributed by atoms with Crippen LogP contribution in [0.25, 0.3) is 10.9 Å². The summed E-state index contributed by atoms with van der Waals surface area (Å²) < 4.78 is 0. The number of pyridine rings is 1. The van der Waals surface area contributed by atoms with Crippen LogP contribution >= 0.6 is 0 Å². The molecule has 0 atom stereocenters. The van der Waals surface area contributed by atoms with Gasteiger partial charge in [-0.2, -0.15) is 5.11 Å². The molecule has 1 heterocycles. The molecule has 0 amide bonds. The van der Waals surface area contributed by atoms with Gasteiger partial charge >= 0.3 is 0 Å². The average Bonchev–Trinajstić information content (AvgIpc) is 2.29. The molecular weight excluding hydrogens is 186 g/mol. The zero-order valence-electron chi connectivity index (χ0n) is 8.27. The second-order valence-corrected chi connectivity index (χ2v) is 3.35. The SMILES string of the molecule is C=C(Cc1cccc2cccnc12)N=N. The van der Waals surface area contributed by atoms with E-state index in [1.54, 1.807) is 6.20 Å². The molecule has 1 aromatic heterocycles. The van der Waals surface area contributed by atoms with E-state index in [0.717, 1.165) is 16.5 Å². The molecule has 0 spiro atoms. The largest absolute Gasteiger partial charge is 0.256 e. The summed E-state index contributed by atoms with van der Waals surface area (Å²) in [6.45, 7) is 3.69. The molecular formula is C12H11N3. The van der Waals surface area contributed by atoms with Crippen molar-refractivity contribution in [2.24, 2.45) is 5.11 Å². The number of rotatable bonds is 3. The molecule has 0 fully saturated rings. The quantitative estimate of drug-likeness (QED) is 0.754. The Balaban J connectivity index is 2.51. The van der Waals surface area contributed by atoms with E-state index in [2.05, 4.69) is 16.7 Å². The van der Waals surface area contributed by atoms with Crippen molar-refractivity contribution in [3.63, 3.8) is 0 Å². The highest BCUT2D eigenvalue weighted by Gasteiger charge is 2.02. The van der Waals surface area contributed by atoms with E-state index in [0.29, 0.717) is 12.1 Å². The maximum atomic E-state index is 6.87. The number of nitrogens with zero attached hydrogens (tertiary/aromatic N) is 2. The summed E-state index contributed by atoms with van der Waals surface area (Å²) in [6.07, 6.45) is 2.35. The number of nitrogens with one attached hydrogen (secondary N) is 1. The Bertz CT molecular complexity index is 512. The normalized spacial score (nSPS) is 10.1. The number of para-hydroxylation sites is 1. The minimum atomic E-state index is 0.549. The molecule has 3 heteroatoms. The van der Waals surface area contributed by atoms with E-state index < -0.39 is 0 Å². The lowest BCUT2D eigenvalue weighted by atomic mass is 10.1. The lowest BCUT2D eigenvalue weighted by Gasteiger charge is -2.03. The number of benzene rings is 1. The maximum absolute atomic E-state index is 6.87. The van der Waals surface area contributed by atoms with Gasteiger partial charge in [-0.25, -0.2) is 5.53 Å². The Morgan fingerprint density at radius 3 is 2.93 bits per heavy atom. The molecule has 74 valence electrons. The highest BCUT2D eigenvalue weighted by Crippen LogP contribution is 2.18. The molecule has 0 bridgehead atoms. The van der Waals surface area contributed by atoms with Crippen LogP contribution in [0.3, 0.4) is 0 Å². The highest BCUT2D eigenvalue weighted by atomic mass is 15.0. The molecule has 0 unspecified atom stereocenters. The number of allylic oxidation sites excluding steroid dienone is 1. The summed E-state index contributed by atoms with van der Waals surface area (Å²) >= 11 is 0. The fraction of sp³-hybridized carbons (Fsp3) is 0.0833. The van der Waals surface area contributed by atoms with Crippen LogP contribution in [0.2, 0.25) is 0 Å². The minimum absolute atomic E-state index is 0.549. The first-order valence-corrected chi connectivity index (χ1v) is 4.69. The molecule has 2 rings (SSSR count). The van der Waals surface area contributed by atoms with E-state index in [9.17, 15) is 0 Å². The molecule has 0 radical (unpaired) electrons. The van der Waals surface area contributed by atoms with Gasteiger partial charge in [-0.05, 0) is 11.6 Å². The fourth-order valence-electron chi connectivity index (χ4n) is 1.57. The Morgan fingerprint density at radius 1 is 1.33 bits per heavy atom. The molecule has 0 aliphatic heterocycles. The monoisotopic (exact) mass is 197 g/mol. The number of hydrogen-bond acceptors (Lipinski definition) is 3. The van der Waals surface area contributed by atoms with Crippen molar-refractivity contribution >= 4 is 10.9 Å². The predicted molar refractivity (Wildman–Crippen MR) is 59.7 cm³/mol. The summed E-state index contributed by atoms with van der Waals surface area (Å²) in [7, 11) is 0. The zero-order valence-corrected chi connectivity index (χ0v) is 8.27. The van der Waals surface area contributed by atoms with Crippen LogP contribution in [-0.2, 0) is 6.42 Å². The van der Waals surface area contributed by atoms with Crippen LogP contribution in [0, 0.1) is 5.53 Å². The fourth-order valence-corrected chi connectivity index (χ4v) is 1.57. The lowest BCUT2D eigenvalue weighted by molar-refractivity contribution is 0.995. The molecule has 3 nitrogen and oxygen atoms in total. The summed E-state index contributed by atoms with van der Waals surface area (Å²) in [5, 5.41) is 4.42. The summed E-state index contributed by atoms with van der Waals surface area (Å²) in [5.41, 5.74) is 9.45. The third-order valence-corrected chi connectivity index (χ3v) is 2.27. The number of aromatic nitrogens is 1. The van der Waals surface area contributed by atoms with Gasteiger partial charge in [0.15, 0.2) is 0 Å². The second kappa shape index (κ2) is 4.00. The van der Waals surface area contributed by atoms with Crippen molar-refractivity contribution in [1.29, 1.82) is 5.53 Å². The van der Waals surface area contributed by atoms with Gasteiger partial charge in [-0.15, -0.1) is 0 Å². The Kier molecular flexibility index (Phi) is 2.54. The van der Waals surface area contributed by atoms with E-state index in [-0.39, 0.29) is 0 Å². The van der Waals surface area contributed by atoms with Crippen LogP contribution in [0.15, 0.2) is 53.9 Å². The first kappa shape index (κ1) is 9.52. The first-order valence-electron chi connectivity index (χ1n) is 4.69. The molecule has 15 heavy (non-hydrogen) atoms. The van der Waals surface area contributed by atoms with Crippen molar-refractivity contribution in [3.8, 4) is 0 Å². The molecule has 1 N–H and O–H groups in total. The van der Waals surface area contributed by atoms with Gasteiger partial charge in [-0.3, -0.25) is 4.98 Å². The topological polar surface area (TPSA) is 49.1 Å². The van der Waals surface area contributed by atoms with Crippen molar-refractivity contribution in [3.05, 3.63) is 54.4 Å². The third-order valence-electron chi connectivity index (χ3n) is 2.27. The van der Waals surface area contributed by atoms with Crippen LogP contribution < -0.4 is 0 Å². The molecule has 0 saturated carbocycles. The van der Waals surface area contributed by atoms with E-state index in [1.807, 2.05) is 30.3 Å². The molecule has 1 aromatic carbocycles. The van der Waals surface area contributed by atoms with Crippen LogP contribution in [-0.4, -0.2) is 4.98 Å². The third kappa shape index (κ3) is 1.91. The molecule has 0 aliphatic rings. The molecule has 2 aromatic rings. The van der Waals surface area contributed by atoms with E-state index >= 15 is 0 Å². The minimum Gasteiger partial charge on any atom is -0.256 e. The van der Waals surface area contributed by atoms with Gasteiger partial charge in [0.25, 0.3) is 0 Å². The van der Waals surface area contributed by atoms with Crippen LogP contribution in [0.4, 0.5) is 0 Å². The molecule has 0 saturated heterocycles. The van der Waals surface area contributed by atoms with Crippen molar-refractivity contribution in [2.45, 2.75) is 6.42 Å². The van der Waals surface area contributed by atoms with Gasteiger partial charge < -0.3 is 0 Å². The second-order valence-electron chi connectivity index (χ2n) is 3.35. The molecule has 0 aliphatic carbocycles. The van der Waals surface area contributed by atoms with Gasteiger partial charge in [0.2, 0.25) is 0 Å². The lowest BCUT2D eigenvalue weighted by Crippen LogP contribution is -1.90. The average molecular weight is 197 g/mol.